The van der Waals surface area contributed by atoms with Gasteiger partial charge >= 0.3 is 0 Å². The van der Waals surface area contributed by atoms with E-state index >= 15 is 0 Å². The van der Waals surface area contributed by atoms with Gasteiger partial charge in [0, 0.05) is 0 Å². The van der Waals surface area contributed by atoms with E-state index in [9.17, 15) is 4.79 Å². The van der Waals surface area contributed by atoms with Crippen LogP contribution in [0.3, 0.4) is 0 Å². The second-order valence-corrected chi connectivity index (χ2v) is 8.27. The second kappa shape index (κ2) is 9.60. The zero-order chi connectivity index (χ0) is 21.7. The standard InChI is InChI=1S/C24H23BrN2O4/c1-24(30-11-12-31-24)14-23(28)27-26-15-17-9-10-22(21(25)13-17)29-16-19-7-4-6-18-5-2-3-8-20(18)19/h2-10,13,15H,11-12,14,16H2,1H3,(H,27,28)/b26-15-. The summed E-state index contributed by atoms with van der Waals surface area (Å²) in [6.07, 6.45) is 1.67. The molecule has 0 saturated carbocycles. The number of rotatable bonds is 7. The second-order valence-electron chi connectivity index (χ2n) is 7.42. The maximum atomic E-state index is 12.0. The summed E-state index contributed by atoms with van der Waals surface area (Å²) in [6, 6.07) is 20.1. The normalized spacial score (nSPS) is 15.4. The van der Waals surface area contributed by atoms with Crippen molar-refractivity contribution in [2.75, 3.05) is 13.2 Å². The Bertz CT molecular complexity index is 1100. The number of hydrogen-bond donors (Lipinski definition) is 1. The molecule has 31 heavy (non-hydrogen) atoms. The Hall–Kier alpha value is -2.74. The number of ether oxygens (including phenoxy) is 3. The van der Waals surface area contributed by atoms with Crippen LogP contribution in [0.15, 0.2) is 70.2 Å². The smallest absolute Gasteiger partial charge is 0.245 e. The van der Waals surface area contributed by atoms with Gasteiger partial charge in [0.25, 0.3) is 0 Å². The monoisotopic (exact) mass is 482 g/mol. The number of nitrogens with one attached hydrogen (secondary N) is 1. The van der Waals surface area contributed by atoms with Crippen LogP contribution < -0.4 is 10.2 Å². The maximum Gasteiger partial charge on any atom is 0.245 e. The summed E-state index contributed by atoms with van der Waals surface area (Å²) in [6.45, 7) is 3.20. The first-order valence-corrected chi connectivity index (χ1v) is 10.8. The summed E-state index contributed by atoms with van der Waals surface area (Å²) in [7, 11) is 0. The highest BCUT2D eigenvalue weighted by molar-refractivity contribution is 9.10. The number of amides is 1. The van der Waals surface area contributed by atoms with Crippen LogP contribution in [0.5, 0.6) is 5.75 Å². The average Bonchev–Trinajstić information content (AvgIpc) is 3.19. The fourth-order valence-electron chi connectivity index (χ4n) is 3.46. The quantitative estimate of drug-likeness (QED) is 0.388. The van der Waals surface area contributed by atoms with E-state index in [1.54, 1.807) is 13.1 Å². The molecule has 1 amide bonds. The zero-order valence-electron chi connectivity index (χ0n) is 17.1. The van der Waals surface area contributed by atoms with E-state index in [0.717, 1.165) is 21.3 Å². The van der Waals surface area contributed by atoms with Crippen molar-refractivity contribution in [1.82, 2.24) is 5.43 Å². The lowest BCUT2D eigenvalue weighted by atomic mass is 10.1. The first kappa shape index (κ1) is 21.5. The number of nitrogens with zero attached hydrogens (tertiary/aromatic N) is 1. The SMILES string of the molecule is CC1(CC(=O)N/N=C\c2ccc(OCc3cccc4ccccc34)c(Br)c2)OCCO1. The van der Waals surface area contributed by atoms with E-state index < -0.39 is 5.79 Å². The van der Waals surface area contributed by atoms with E-state index in [1.807, 2.05) is 36.4 Å². The van der Waals surface area contributed by atoms with Gasteiger partial charge < -0.3 is 14.2 Å². The van der Waals surface area contributed by atoms with Crippen molar-refractivity contribution >= 4 is 38.8 Å². The third-order valence-corrected chi connectivity index (χ3v) is 5.62. The molecule has 0 bridgehead atoms. The van der Waals surface area contributed by atoms with E-state index in [1.165, 1.54) is 10.8 Å². The Morgan fingerprint density at radius 1 is 1.16 bits per heavy atom. The van der Waals surface area contributed by atoms with Gasteiger partial charge in [0.05, 0.1) is 30.3 Å². The van der Waals surface area contributed by atoms with Crippen molar-refractivity contribution < 1.29 is 19.0 Å². The van der Waals surface area contributed by atoms with Crippen molar-refractivity contribution in [1.29, 1.82) is 0 Å². The molecule has 1 heterocycles. The molecule has 0 aromatic heterocycles. The van der Waals surface area contributed by atoms with Crippen LogP contribution in [0.4, 0.5) is 0 Å². The molecule has 0 atom stereocenters. The number of hydrazone groups is 1. The van der Waals surface area contributed by atoms with Crippen LogP contribution in [-0.4, -0.2) is 31.1 Å². The summed E-state index contributed by atoms with van der Waals surface area (Å²) < 4.78 is 17.7. The van der Waals surface area contributed by atoms with Gasteiger partial charge in [-0.05, 0) is 63.0 Å². The molecule has 1 N–H and O–H groups in total. The molecule has 160 valence electrons. The van der Waals surface area contributed by atoms with Crippen molar-refractivity contribution in [3.05, 3.63) is 76.3 Å². The molecular formula is C24H23BrN2O4. The van der Waals surface area contributed by atoms with Crippen molar-refractivity contribution in [2.45, 2.75) is 25.7 Å². The molecule has 4 rings (SSSR count). The molecule has 3 aromatic carbocycles. The molecule has 6 nitrogen and oxygen atoms in total. The molecule has 0 aliphatic carbocycles. The minimum atomic E-state index is -0.869. The summed E-state index contributed by atoms with van der Waals surface area (Å²) in [4.78, 5) is 12.0. The average molecular weight is 483 g/mol. The number of carbonyl (C=O) groups excluding carboxylic acids is 1. The number of carbonyl (C=O) groups is 1. The minimum Gasteiger partial charge on any atom is -0.488 e. The molecule has 1 aliphatic heterocycles. The lowest BCUT2D eigenvalue weighted by Gasteiger charge is -2.20. The van der Waals surface area contributed by atoms with Crippen LogP contribution >= 0.6 is 15.9 Å². The molecule has 0 spiro atoms. The van der Waals surface area contributed by atoms with Crippen molar-refractivity contribution in [3.63, 3.8) is 0 Å². The predicted molar refractivity (Wildman–Crippen MR) is 123 cm³/mol. The first-order valence-electron chi connectivity index (χ1n) is 10.0. The third-order valence-electron chi connectivity index (χ3n) is 5.00. The van der Waals surface area contributed by atoms with E-state index in [-0.39, 0.29) is 12.3 Å². The predicted octanol–water partition coefficient (Wildman–Crippen LogP) is 4.78. The van der Waals surface area contributed by atoms with Gasteiger partial charge in [-0.3, -0.25) is 4.79 Å². The molecule has 7 heteroatoms. The van der Waals surface area contributed by atoms with E-state index in [0.29, 0.717) is 19.8 Å². The fourth-order valence-corrected chi connectivity index (χ4v) is 3.97. The Kier molecular flexibility index (Phi) is 6.65. The molecule has 1 saturated heterocycles. The molecule has 0 radical (unpaired) electrons. The third kappa shape index (κ3) is 5.50. The van der Waals surface area contributed by atoms with E-state index in [2.05, 4.69) is 50.7 Å². The van der Waals surface area contributed by atoms with Gasteiger partial charge in [-0.2, -0.15) is 5.10 Å². The fraction of sp³-hybridized carbons (Fsp3) is 0.250. The van der Waals surface area contributed by atoms with Crippen molar-refractivity contribution in [2.24, 2.45) is 5.10 Å². The lowest BCUT2D eigenvalue weighted by molar-refractivity contribution is -0.159. The van der Waals surface area contributed by atoms with Crippen LogP contribution in [0.1, 0.15) is 24.5 Å². The summed E-state index contributed by atoms with van der Waals surface area (Å²) >= 11 is 3.55. The zero-order valence-corrected chi connectivity index (χ0v) is 18.7. The summed E-state index contributed by atoms with van der Waals surface area (Å²) in [5.74, 6) is -0.404. The highest BCUT2D eigenvalue weighted by atomic mass is 79.9. The number of halogens is 1. The largest absolute Gasteiger partial charge is 0.488 e. The first-order chi connectivity index (χ1) is 15.0. The summed E-state index contributed by atoms with van der Waals surface area (Å²) in [5.41, 5.74) is 4.46. The molecular weight excluding hydrogens is 460 g/mol. The Morgan fingerprint density at radius 2 is 1.94 bits per heavy atom. The maximum absolute atomic E-state index is 12.0. The summed E-state index contributed by atoms with van der Waals surface area (Å²) in [5, 5.41) is 6.39. The van der Waals surface area contributed by atoms with Gasteiger partial charge in [-0.25, -0.2) is 5.43 Å². The minimum absolute atomic E-state index is 0.0922. The Balaban J connectivity index is 1.34. The van der Waals surface area contributed by atoms with Crippen LogP contribution in [0.2, 0.25) is 0 Å². The van der Waals surface area contributed by atoms with Gasteiger partial charge in [0.1, 0.15) is 12.4 Å². The number of hydrogen-bond acceptors (Lipinski definition) is 5. The molecule has 3 aromatic rings. The molecule has 1 fully saturated rings. The highest BCUT2D eigenvalue weighted by Crippen LogP contribution is 2.28. The van der Waals surface area contributed by atoms with Gasteiger partial charge in [-0.1, -0.05) is 42.5 Å². The van der Waals surface area contributed by atoms with Gasteiger partial charge in [0.15, 0.2) is 5.79 Å². The van der Waals surface area contributed by atoms with Gasteiger partial charge in [-0.15, -0.1) is 0 Å². The Labute approximate surface area is 189 Å². The van der Waals surface area contributed by atoms with E-state index in [4.69, 9.17) is 14.2 Å². The topological polar surface area (TPSA) is 69.2 Å². The van der Waals surface area contributed by atoms with Crippen LogP contribution in [0.25, 0.3) is 10.8 Å². The van der Waals surface area contributed by atoms with Crippen molar-refractivity contribution in [3.8, 4) is 5.75 Å². The molecule has 1 aliphatic rings. The van der Waals surface area contributed by atoms with Crippen LogP contribution in [-0.2, 0) is 20.9 Å². The number of benzene rings is 3. The van der Waals surface area contributed by atoms with Gasteiger partial charge in [0.2, 0.25) is 5.91 Å². The lowest BCUT2D eigenvalue weighted by Crippen LogP contribution is -2.33. The Morgan fingerprint density at radius 3 is 2.74 bits per heavy atom. The molecule has 0 unspecified atom stereocenters. The number of fused-ring (bicyclic) bond motifs is 1. The highest BCUT2D eigenvalue weighted by Gasteiger charge is 2.33. The van der Waals surface area contributed by atoms with Crippen LogP contribution in [0, 0.1) is 0 Å².